The number of amides is 2. The molecule has 0 radical (unpaired) electrons. The smallest absolute Gasteiger partial charge is 0.319 e. The summed E-state index contributed by atoms with van der Waals surface area (Å²) in [5.41, 5.74) is 1.77. The van der Waals surface area contributed by atoms with E-state index in [4.69, 9.17) is 11.6 Å². The monoisotopic (exact) mass is 368 g/mol. The van der Waals surface area contributed by atoms with Gasteiger partial charge < -0.3 is 10.6 Å². The molecule has 3 rings (SSSR count). The topological polar surface area (TPSA) is 41.1 Å². The minimum Gasteiger partial charge on any atom is -0.334 e. The average molecular weight is 369 g/mol. The molecule has 0 fully saturated rings. The van der Waals surface area contributed by atoms with Gasteiger partial charge in [0.15, 0.2) is 0 Å². The summed E-state index contributed by atoms with van der Waals surface area (Å²) in [7, 11) is 0. The van der Waals surface area contributed by atoms with E-state index in [1.807, 2.05) is 78.9 Å². The van der Waals surface area contributed by atoms with Crippen molar-refractivity contribution in [1.29, 1.82) is 0 Å². The summed E-state index contributed by atoms with van der Waals surface area (Å²) < 4.78 is 0. The lowest BCUT2D eigenvalue weighted by atomic mass is 10.2. The molecule has 2 N–H and O–H groups in total. The maximum atomic E-state index is 12.2. The van der Waals surface area contributed by atoms with E-state index in [0.29, 0.717) is 11.6 Å². The molecule has 25 heavy (non-hydrogen) atoms. The summed E-state index contributed by atoms with van der Waals surface area (Å²) in [5.74, 6) is 0. The van der Waals surface area contributed by atoms with Crippen LogP contribution in [-0.4, -0.2) is 6.03 Å². The molecule has 2 amide bonds. The molecule has 0 saturated carbocycles. The third-order valence-corrected chi connectivity index (χ3v) is 4.81. The van der Waals surface area contributed by atoms with Gasteiger partial charge in [-0.2, -0.15) is 0 Å². The van der Waals surface area contributed by atoms with Gasteiger partial charge in [0.1, 0.15) is 0 Å². The lowest BCUT2D eigenvalue weighted by Crippen LogP contribution is -2.28. The van der Waals surface area contributed by atoms with Crippen LogP contribution in [0.25, 0.3) is 0 Å². The number of carbonyl (C=O) groups excluding carboxylic acids is 1. The molecule has 0 aromatic heterocycles. The standard InChI is InChI=1S/C20H17ClN2OS/c21-16-12-10-15(11-13-16)14-22-20(24)23-18-8-4-5-9-19(18)25-17-6-2-1-3-7-17/h1-13H,14H2,(H2,22,23,24). The highest BCUT2D eigenvalue weighted by atomic mass is 35.5. The Morgan fingerprint density at radius 2 is 1.56 bits per heavy atom. The first kappa shape index (κ1) is 17.4. The number of nitrogens with one attached hydrogen (secondary N) is 2. The van der Waals surface area contributed by atoms with Crippen LogP contribution in [0.15, 0.2) is 88.7 Å². The van der Waals surface area contributed by atoms with Crippen LogP contribution in [0.4, 0.5) is 10.5 Å². The fraction of sp³-hybridized carbons (Fsp3) is 0.0500. The van der Waals surface area contributed by atoms with Crippen molar-refractivity contribution in [3.8, 4) is 0 Å². The van der Waals surface area contributed by atoms with Gasteiger partial charge in [-0.15, -0.1) is 0 Å². The fourth-order valence-corrected chi connectivity index (χ4v) is 3.27. The lowest BCUT2D eigenvalue weighted by Gasteiger charge is -2.12. The number of anilines is 1. The first-order valence-electron chi connectivity index (χ1n) is 7.82. The Morgan fingerprint density at radius 1 is 0.880 bits per heavy atom. The third kappa shape index (κ3) is 5.28. The highest BCUT2D eigenvalue weighted by molar-refractivity contribution is 7.99. The van der Waals surface area contributed by atoms with Crippen molar-refractivity contribution in [3.05, 3.63) is 89.4 Å². The van der Waals surface area contributed by atoms with Crippen molar-refractivity contribution in [3.63, 3.8) is 0 Å². The predicted octanol–water partition coefficient (Wildman–Crippen LogP) is 5.81. The summed E-state index contributed by atoms with van der Waals surface area (Å²) >= 11 is 7.48. The molecule has 0 aliphatic carbocycles. The Bertz CT molecular complexity index is 838. The molecule has 0 atom stereocenters. The maximum absolute atomic E-state index is 12.2. The summed E-state index contributed by atoms with van der Waals surface area (Å²) in [6.45, 7) is 0.441. The van der Waals surface area contributed by atoms with Crippen molar-refractivity contribution in [2.24, 2.45) is 0 Å². The zero-order chi connectivity index (χ0) is 17.5. The van der Waals surface area contributed by atoms with E-state index in [-0.39, 0.29) is 6.03 Å². The molecular formula is C20H17ClN2OS. The minimum atomic E-state index is -0.240. The van der Waals surface area contributed by atoms with E-state index in [1.165, 1.54) is 0 Å². The Balaban J connectivity index is 1.62. The summed E-state index contributed by atoms with van der Waals surface area (Å²) in [4.78, 5) is 14.3. The van der Waals surface area contributed by atoms with Crippen molar-refractivity contribution >= 4 is 35.1 Å². The Kier molecular flexibility index (Phi) is 5.99. The Hall–Kier alpha value is -2.43. The van der Waals surface area contributed by atoms with E-state index < -0.39 is 0 Å². The Morgan fingerprint density at radius 3 is 2.32 bits per heavy atom. The van der Waals surface area contributed by atoms with Crippen LogP contribution in [-0.2, 0) is 6.54 Å². The fourth-order valence-electron chi connectivity index (χ4n) is 2.23. The molecule has 0 heterocycles. The molecule has 0 spiro atoms. The van der Waals surface area contributed by atoms with Gasteiger partial charge >= 0.3 is 6.03 Å². The van der Waals surface area contributed by atoms with Crippen molar-refractivity contribution in [2.75, 3.05) is 5.32 Å². The molecule has 3 aromatic carbocycles. The predicted molar refractivity (Wildman–Crippen MR) is 104 cm³/mol. The lowest BCUT2D eigenvalue weighted by molar-refractivity contribution is 0.251. The van der Waals surface area contributed by atoms with Gasteiger partial charge in [0.2, 0.25) is 0 Å². The second kappa shape index (κ2) is 8.60. The normalized spacial score (nSPS) is 10.3. The number of carbonyl (C=O) groups is 1. The van der Waals surface area contributed by atoms with Gasteiger partial charge in [0.05, 0.1) is 5.69 Å². The number of benzene rings is 3. The number of hydrogen-bond donors (Lipinski definition) is 2. The molecule has 3 nitrogen and oxygen atoms in total. The average Bonchev–Trinajstić information content (AvgIpc) is 2.64. The summed E-state index contributed by atoms with van der Waals surface area (Å²) in [5, 5.41) is 6.45. The number of hydrogen-bond acceptors (Lipinski definition) is 2. The summed E-state index contributed by atoms with van der Waals surface area (Å²) in [6, 6.07) is 25.0. The van der Waals surface area contributed by atoms with Gasteiger partial charge in [-0.1, -0.05) is 65.8 Å². The van der Waals surface area contributed by atoms with Gasteiger partial charge in [0.25, 0.3) is 0 Å². The summed E-state index contributed by atoms with van der Waals surface area (Å²) in [6.07, 6.45) is 0. The van der Waals surface area contributed by atoms with Gasteiger partial charge in [-0.25, -0.2) is 4.79 Å². The second-order valence-corrected chi connectivity index (χ2v) is 6.90. The van der Waals surface area contributed by atoms with Crippen LogP contribution in [0.5, 0.6) is 0 Å². The molecule has 0 saturated heterocycles. The quantitative estimate of drug-likeness (QED) is 0.596. The number of rotatable bonds is 5. The van der Waals surface area contributed by atoms with E-state index in [0.717, 1.165) is 21.0 Å². The maximum Gasteiger partial charge on any atom is 0.319 e. The second-order valence-electron chi connectivity index (χ2n) is 5.35. The number of halogens is 1. The van der Waals surface area contributed by atoms with Crippen LogP contribution < -0.4 is 10.6 Å². The van der Waals surface area contributed by atoms with Crippen LogP contribution in [0.1, 0.15) is 5.56 Å². The van der Waals surface area contributed by atoms with Crippen molar-refractivity contribution in [2.45, 2.75) is 16.3 Å². The molecule has 0 aliphatic heterocycles. The van der Waals surface area contributed by atoms with Crippen LogP contribution >= 0.6 is 23.4 Å². The van der Waals surface area contributed by atoms with Crippen molar-refractivity contribution in [1.82, 2.24) is 5.32 Å². The first-order valence-corrected chi connectivity index (χ1v) is 9.01. The van der Waals surface area contributed by atoms with Gasteiger partial charge in [0, 0.05) is 21.4 Å². The van der Waals surface area contributed by atoms with E-state index in [1.54, 1.807) is 11.8 Å². The third-order valence-electron chi connectivity index (χ3n) is 3.47. The van der Waals surface area contributed by atoms with Crippen LogP contribution in [0, 0.1) is 0 Å². The SMILES string of the molecule is O=C(NCc1ccc(Cl)cc1)Nc1ccccc1Sc1ccccc1. The minimum absolute atomic E-state index is 0.240. The van der Waals surface area contributed by atoms with Gasteiger partial charge in [-0.3, -0.25) is 0 Å². The molecule has 5 heteroatoms. The highest BCUT2D eigenvalue weighted by Crippen LogP contribution is 2.33. The van der Waals surface area contributed by atoms with E-state index in [2.05, 4.69) is 10.6 Å². The first-order chi connectivity index (χ1) is 12.2. The largest absolute Gasteiger partial charge is 0.334 e. The van der Waals surface area contributed by atoms with E-state index in [9.17, 15) is 4.79 Å². The molecule has 0 bridgehead atoms. The van der Waals surface area contributed by atoms with E-state index >= 15 is 0 Å². The number of para-hydroxylation sites is 1. The van der Waals surface area contributed by atoms with Gasteiger partial charge in [-0.05, 0) is 42.0 Å². The highest BCUT2D eigenvalue weighted by Gasteiger charge is 2.07. The van der Waals surface area contributed by atoms with Crippen molar-refractivity contribution < 1.29 is 4.79 Å². The van der Waals surface area contributed by atoms with Crippen LogP contribution in [0.2, 0.25) is 5.02 Å². The molecule has 126 valence electrons. The zero-order valence-corrected chi connectivity index (χ0v) is 15.0. The Labute approximate surface area is 156 Å². The van der Waals surface area contributed by atoms with Crippen LogP contribution in [0.3, 0.4) is 0 Å². The molecular weight excluding hydrogens is 352 g/mol. The zero-order valence-electron chi connectivity index (χ0n) is 13.4. The molecule has 0 unspecified atom stereocenters. The molecule has 0 aliphatic rings. The number of urea groups is 1. The molecule has 3 aromatic rings.